The summed E-state index contributed by atoms with van der Waals surface area (Å²) in [6.07, 6.45) is 0.342. The molecule has 1 aromatic carbocycles. The average Bonchev–Trinajstić information content (AvgIpc) is 2.45. The number of methoxy groups -OCH3 is 1. The van der Waals surface area contributed by atoms with Crippen LogP contribution in [0.15, 0.2) is 22.7 Å². The standard InChI is InChI=1S/C14H21BrN2O3/c1-16-13(18)6-8-20-14-11(4-3-5-12(14)15)10-17-7-9-19-2/h3-5,17H,6-10H2,1-2H3,(H,16,18). The number of hydrogen-bond donors (Lipinski definition) is 2. The Morgan fingerprint density at radius 2 is 2.15 bits per heavy atom. The third-order valence-electron chi connectivity index (χ3n) is 2.70. The summed E-state index contributed by atoms with van der Waals surface area (Å²) in [4.78, 5) is 11.2. The van der Waals surface area contributed by atoms with Crippen molar-refractivity contribution < 1.29 is 14.3 Å². The van der Waals surface area contributed by atoms with E-state index in [-0.39, 0.29) is 5.91 Å². The second-order valence-electron chi connectivity index (χ2n) is 4.17. The molecule has 112 valence electrons. The molecule has 0 saturated carbocycles. The maximum absolute atomic E-state index is 11.2. The van der Waals surface area contributed by atoms with Crippen LogP contribution in [-0.4, -0.2) is 39.8 Å². The summed E-state index contributed by atoms with van der Waals surface area (Å²) in [5.41, 5.74) is 1.05. The van der Waals surface area contributed by atoms with Gasteiger partial charge in [-0.15, -0.1) is 0 Å². The first kappa shape index (κ1) is 16.9. The lowest BCUT2D eigenvalue weighted by Crippen LogP contribution is -2.21. The minimum atomic E-state index is -0.0307. The summed E-state index contributed by atoms with van der Waals surface area (Å²) in [6.45, 7) is 2.49. The SMILES string of the molecule is CNC(=O)CCOc1c(Br)cccc1CNCCOC. The molecule has 0 saturated heterocycles. The van der Waals surface area contributed by atoms with Crippen LogP contribution >= 0.6 is 15.9 Å². The van der Waals surface area contributed by atoms with Crippen molar-refractivity contribution >= 4 is 21.8 Å². The first-order valence-corrected chi connectivity index (χ1v) is 7.28. The fraction of sp³-hybridized carbons (Fsp3) is 0.500. The molecule has 0 aliphatic rings. The topological polar surface area (TPSA) is 59.6 Å². The van der Waals surface area contributed by atoms with Crippen LogP contribution in [0.25, 0.3) is 0 Å². The Balaban J connectivity index is 2.56. The Morgan fingerprint density at radius 3 is 2.85 bits per heavy atom. The summed E-state index contributed by atoms with van der Waals surface area (Å²) >= 11 is 3.48. The number of hydrogen-bond acceptors (Lipinski definition) is 4. The Labute approximate surface area is 128 Å². The van der Waals surface area contributed by atoms with Crippen molar-refractivity contribution in [2.45, 2.75) is 13.0 Å². The predicted octanol–water partition coefficient (Wildman–Crippen LogP) is 1.70. The van der Waals surface area contributed by atoms with E-state index in [0.29, 0.717) is 26.2 Å². The Bertz CT molecular complexity index is 427. The lowest BCUT2D eigenvalue weighted by Gasteiger charge is -2.13. The molecule has 6 heteroatoms. The highest BCUT2D eigenvalue weighted by Gasteiger charge is 2.08. The molecule has 1 rings (SSSR count). The number of ether oxygens (including phenoxy) is 2. The molecular weight excluding hydrogens is 324 g/mol. The van der Waals surface area contributed by atoms with E-state index in [2.05, 4.69) is 26.6 Å². The number of benzene rings is 1. The second-order valence-corrected chi connectivity index (χ2v) is 5.02. The van der Waals surface area contributed by atoms with E-state index in [9.17, 15) is 4.79 Å². The zero-order chi connectivity index (χ0) is 14.8. The molecule has 0 aromatic heterocycles. The van der Waals surface area contributed by atoms with E-state index in [1.54, 1.807) is 14.2 Å². The van der Waals surface area contributed by atoms with Crippen LogP contribution in [0.1, 0.15) is 12.0 Å². The van der Waals surface area contributed by atoms with Gasteiger partial charge in [-0.2, -0.15) is 0 Å². The van der Waals surface area contributed by atoms with E-state index in [4.69, 9.17) is 9.47 Å². The zero-order valence-corrected chi connectivity index (χ0v) is 13.5. The molecule has 0 aliphatic carbocycles. The molecular formula is C14H21BrN2O3. The van der Waals surface area contributed by atoms with Gasteiger partial charge in [-0.05, 0) is 22.0 Å². The molecule has 1 amide bonds. The fourth-order valence-electron chi connectivity index (χ4n) is 1.62. The average molecular weight is 345 g/mol. The third kappa shape index (κ3) is 5.90. The fourth-order valence-corrected chi connectivity index (χ4v) is 2.14. The molecule has 1 aromatic rings. The van der Waals surface area contributed by atoms with E-state index >= 15 is 0 Å². The number of nitrogens with one attached hydrogen (secondary N) is 2. The van der Waals surface area contributed by atoms with Crippen LogP contribution in [-0.2, 0) is 16.1 Å². The van der Waals surface area contributed by atoms with E-state index in [1.807, 2.05) is 18.2 Å². The van der Waals surface area contributed by atoms with Crippen LogP contribution < -0.4 is 15.4 Å². The minimum absolute atomic E-state index is 0.0307. The molecule has 0 radical (unpaired) electrons. The largest absolute Gasteiger partial charge is 0.492 e. The number of carbonyl (C=O) groups excluding carboxylic acids is 1. The van der Waals surface area contributed by atoms with Crippen LogP contribution in [0, 0.1) is 0 Å². The summed E-state index contributed by atoms with van der Waals surface area (Å²) in [6, 6.07) is 5.89. The van der Waals surface area contributed by atoms with Gasteiger partial charge in [0.25, 0.3) is 0 Å². The summed E-state index contributed by atoms with van der Waals surface area (Å²) in [7, 11) is 3.29. The molecule has 20 heavy (non-hydrogen) atoms. The lowest BCUT2D eigenvalue weighted by molar-refractivity contribution is -0.121. The molecule has 0 fully saturated rings. The van der Waals surface area contributed by atoms with Crippen LogP contribution in [0.3, 0.4) is 0 Å². The van der Waals surface area contributed by atoms with Crippen LogP contribution in [0.5, 0.6) is 5.75 Å². The lowest BCUT2D eigenvalue weighted by atomic mass is 10.2. The van der Waals surface area contributed by atoms with Crippen molar-refractivity contribution in [2.24, 2.45) is 0 Å². The number of amides is 1. The first-order valence-electron chi connectivity index (χ1n) is 6.49. The van der Waals surface area contributed by atoms with Gasteiger partial charge < -0.3 is 20.1 Å². The maximum atomic E-state index is 11.2. The third-order valence-corrected chi connectivity index (χ3v) is 3.33. The highest BCUT2D eigenvalue weighted by Crippen LogP contribution is 2.29. The molecule has 0 heterocycles. The van der Waals surface area contributed by atoms with E-state index in [1.165, 1.54) is 0 Å². The first-order chi connectivity index (χ1) is 9.69. The van der Waals surface area contributed by atoms with Gasteiger partial charge in [0, 0.05) is 32.8 Å². The van der Waals surface area contributed by atoms with Gasteiger partial charge in [-0.3, -0.25) is 4.79 Å². The van der Waals surface area contributed by atoms with E-state index in [0.717, 1.165) is 22.3 Å². The second kappa shape index (κ2) is 9.74. The van der Waals surface area contributed by atoms with Crippen LogP contribution in [0.4, 0.5) is 0 Å². The number of halogens is 1. The number of carbonyl (C=O) groups is 1. The molecule has 0 bridgehead atoms. The number of para-hydroxylation sites is 1. The summed E-state index contributed by atoms with van der Waals surface area (Å²) < 4.78 is 11.6. The molecule has 5 nitrogen and oxygen atoms in total. The summed E-state index contributed by atoms with van der Waals surface area (Å²) in [5, 5.41) is 5.85. The van der Waals surface area contributed by atoms with Gasteiger partial charge in [0.1, 0.15) is 5.75 Å². The van der Waals surface area contributed by atoms with Gasteiger partial charge in [0.15, 0.2) is 0 Å². The molecule has 2 N–H and O–H groups in total. The molecule has 0 unspecified atom stereocenters. The van der Waals surface area contributed by atoms with Gasteiger partial charge in [-0.1, -0.05) is 12.1 Å². The van der Waals surface area contributed by atoms with Crippen molar-refractivity contribution in [3.63, 3.8) is 0 Å². The quantitative estimate of drug-likeness (QED) is 0.669. The van der Waals surface area contributed by atoms with Crippen molar-refractivity contribution in [1.82, 2.24) is 10.6 Å². The number of rotatable bonds is 9. The van der Waals surface area contributed by atoms with Gasteiger partial charge >= 0.3 is 0 Å². The maximum Gasteiger partial charge on any atom is 0.223 e. The van der Waals surface area contributed by atoms with Crippen molar-refractivity contribution in [2.75, 3.05) is 33.9 Å². The smallest absolute Gasteiger partial charge is 0.223 e. The Kier molecular flexibility index (Phi) is 8.25. The van der Waals surface area contributed by atoms with Crippen molar-refractivity contribution in [3.8, 4) is 5.75 Å². The van der Waals surface area contributed by atoms with Crippen molar-refractivity contribution in [3.05, 3.63) is 28.2 Å². The minimum Gasteiger partial charge on any atom is -0.492 e. The highest BCUT2D eigenvalue weighted by molar-refractivity contribution is 9.10. The van der Waals surface area contributed by atoms with Gasteiger partial charge in [0.2, 0.25) is 5.91 Å². The molecule has 0 spiro atoms. The zero-order valence-electron chi connectivity index (χ0n) is 11.9. The molecule has 0 aliphatic heterocycles. The Morgan fingerprint density at radius 1 is 1.35 bits per heavy atom. The predicted molar refractivity (Wildman–Crippen MR) is 81.9 cm³/mol. The van der Waals surface area contributed by atoms with Crippen LogP contribution in [0.2, 0.25) is 0 Å². The highest BCUT2D eigenvalue weighted by atomic mass is 79.9. The van der Waals surface area contributed by atoms with Crippen molar-refractivity contribution in [1.29, 1.82) is 0 Å². The monoisotopic (exact) mass is 344 g/mol. The van der Waals surface area contributed by atoms with Gasteiger partial charge in [-0.25, -0.2) is 0 Å². The summed E-state index contributed by atoms with van der Waals surface area (Å²) in [5.74, 6) is 0.748. The van der Waals surface area contributed by atoms with E-state index < -0.39 is 0 Å². The normalized spacial score (nSPS) is 10.3. The molecule has 0 atom stereocenters. The Hall–Kier alpha value is -1.11. The van der Waals surface area contributed by atoms with Gasteiger partial charge in [0.05, 0.1) is 24.1 Å².